The molecule has 0 radical (unpaired) electrons. The number of nitrogens with two attached hydrogens (primary N) is 1. The van der Waals surface area contributed by atoms with Crippen molar-refractivity contribution in [3.63, 3.8) is 0 Å². The van der Waals surface area contributed by atoms with Crippen LogP contribution in [0.15, 0.2) is 23.1 Å². The van der Waals surface area contributed by atoms with Crippen LogP contribution in [0.1, 0.15) is 19.8 Å². The highest BCUT2D eigenvalue weighted by molar-refractivity contribution is 7.89. The molecule has 0 bridgehead atoms. The number of rotatable bonds is 6. The summed E-state index contributed by atoms with van der Waals surface area (Å²) in [4.78, 5) is 1.94. The van der Waals surface area contributed by atoms with Crippen LogP contribution in [0, 0.1) is 5.82 Å². The molecule has 1 saturated carbocycles. The molecular formula is C13H20FN3O2S. The maximum absolute atomic E-state index is 13.2. The van der Waals surface area contributed by atoms with Crippen LogP contribution in [-0.4, -0.2) is 39.0 Å². The van der Waals surface area contributed by atoms with E-state index in [0.29, 0.717) is 6.04 Å². The minimum Gasteiger partial charge on any atom is -0.398 e. The Morgan fingerprint density at radius 1 is 1.50 bits per heavy atom. The Labute approximate surface area is 119 Å². The van der Waals surface area contributed by atoms with Crippen molar-refractivity contribution in [2.45, 2.75) is 36.7 Å². The van der Waals surface area contributed by atoms with Crippen molar-refractivity contribution in [3.8, 4) is 0 Å². The molecule has 1 unspecified atom stereocenters. The second-order valence-corrected chi connectivity index (χ2v) is 7.02. The third-order valence-electron chi connectivity index (χ3n) is 3.65. The van der Waals surface area contributed by atoms with Gasteiger partial charge in [0.25, 0.3) is 0 Å². The first-order valence-electron chi connectivity index (χ1n) is 6.58. The molecule has 1 fully saturated rings. The molecule has 1 atom stereocenters. The summed E-state index contributed by atoms with van der Waals surface area (Å²) in [5.41, 5.74) is 5.65. The van der Waals surface area contributed by atoms with Crippen LogP contribution >= 0.6 is 0 Å². The summed E-state index contributed by atoms with van der Waals surface area (Å²) in [6.45, 7) is 2.22. The monoisotopic (exact) mass is 301 g/mol. The zero-order valence-electron chi connectivity index (χ0n) is 11.6. The van der Waals surface area contributed by atoms with Gasteiger partial charge in [0, 0.05) is 18.6 Å². The minimum absolute atomic E-state index is 0.0436. The van der Waals surface area contributed by atoms with Crippen LogP contribution in [0.2, 0.25) is 0 Å². The quantitative estimate of drug-likeness (QED) is 0.773. The molecule has 0 aromatic heterocycles. The Bertz CT molecular complexity index is 587. The van der Waals surface area contributed by atoms with Gasteiger partial charge in [0.1, 0.15) is 10.7 Å². The van der Waals surface area contributed by atoms with E-state index in [1.54, 1.807) is 0 Å². The lowest BCUT2D eigenvalue weighted by atomic mass is 10.3. The van der Waals surface area contributed by atoms with Crippen molar-refractivity contribution in [1.29, 1.82) is 0 Å². The Kier molecular flexibility index (Phi) is 4.31. The SMILES string of the molecule is CC(CNS(=O)(=O)c1cc(F)ccc1N)N(C)C1CC1. The summed E-state index contributed by atoms with van der Waals surface area (Å²) in [6, 6.07) is 3.95. The highest BCUT2D eigenvalue weighted by Gasteiger charge is 2.29. The van der Waals surface area contributed by atoms with Crippen LogP contribution in [0.3, 0.4) is 0 Å². The third kappa shape index (κ3) is 3.47. The van der Waals surface area contributed by atoms with Gasteiger partial charge < -0.3 is 5.73 Å². The van der Waals surface area contributed by atoms with Gasteiger partial charge in [-0.3, -0.25) is 4.90 Å². The van der Waals surface area contributed by atoms with Gasteiger partial charge in [-0.1, -0.05) is 0 Å². The number of nitrogens with zero attached hydrogens (tertiary/aromatic N) is 1. The molecule has 112 valence electrons. The number of likely N-dealkylation sites (N-methyl/N-ethyl adjacent to an activating group) is 1. The molecule has 3 N–H and O–H groups in total. The fourth-order valence-corrected chi connectivity index (χ4v) is 3.30. The van der Waals surface area contributed by atoms with Gasteiger partial charge in [-0.15, -0.1) is 0 Å². The van der Waals surface area contributed by atoms with Crippen molar-refractivity contribution in [3.05, 3.63) is 24.0 Å². The van der Waals surface area contributed by atoms with E-state index in [-0.39, 0.29) is 23.2 Å². The lowest BCUT2D eigenvalue weighted by Crippen LogP contribution is -2.41. The maximum Gasteiger partial charge on any atom is 0.242 e. The van der Waals surface area contributed by atoms with Crippen LogP contribution < -0.4 is 10.5 Å². The molecule has 7 heteroatoms. The number of hydrogen-bond donors (Lipinski definition) is 2. The second kappa shape index (κ2) is 5.67. The molecule has 0 saturated heterocycles. The average Bonchev–Trinajstić information content (AvgIpc) is 3.22. The number of nitrogen functional groups attached to an aromatic ring is 1. The van der Waals surface area contributed by atoms with Gasteiger partial charge in [-0.25, -0.2) is 17.5 Å². The van der Waals surface area contributed by atoms with Gasteiger partial charge in [0.05, 0.1) is 5.69 Å². The summed E-state index contributed by atoms with van der Waals surface area (Å²) < 4.78 is 39.9. The van der Waals surface area contributed by atoms with Crippen LogP contribution in [0.25, 0.3) is 0 Å². The number of hydrogen-bond acceptors (Lipinski definition) is 4. The van der Waals surface area contributed by atoms with E-state index in [1.807, 2.05) is 14.0 Å². The van der Waals surface area contributed by atoms with E-state index < -0.39 is 15.8 Å². The van der Waals surface area contributed by atoms with E-state index in [9.17, 15) is 12.8 Å². The molecule has 20 heavy (non-hydrogen) atoms. The first kappa shape index (κ1) is 15.2. The Hall–Kier alpha value is -1.18. The molecule has 1 aliphatic rings. The number of halogens is 1. The van der Waals surface area contributed by atoms with Gasteiger partial charge in [-0.05, 0) is 45.0 Å². The van der Waals surface area contributed by atoms with Crippen molar-refractivity contribution < 1.29 is 12.8 Å². The average molecular weight is 301 g/mol. The van der Waals surface area contributed by atoms with Crippen molar-refractivity contribution in [2.24, 2.45) is 0 Å². The summed E-state index contributed by atoms with van der Waals surface area (Å²) in [6.07, 6.45) is 2.31. The lowest BCUT2D eigenvalue weighted by Gasteiger charge is -2.24. The Morgan fingerprint density at radius 3 is 2.75 bits per heavy atom. The molecule has 1 aromatic rings. The minimum atomic E-state index is -3.79. The van der Waals surface area contributed by atoms with E-state index >= 15 is 0 Å². The highest BCUT2D eigenvalue weighted by Crippen LogP contribution is 2.27. The van der Waals surface area contributed by atoms with Crippen LogP contribution in [-0.2, 0) is 10.0 Å². The second-order valence-electron chi connectivity index (χ2n) is 5.28. The van der Waals surface area contributed by atoms with Crippen molar-refractivity contribution in [2.75, 3.05) is 19.3 Å². The number of benzene rings is 1. The Balaban J connectivity index is 2.05. The van der Waals surface area contributed by atoms with E-state index in [2.05, 4.69) is 9.62 Å². The summed E-state index contributed by atoms with van der Waals surface area (Å²) in [5, 5.41) is 0. The lowest BCUT2D eigenvalue weighted by molar-refractivity contribution is 0.248. The standard InChI is InChI=1S/C13H20FN3O2S/c1-9(17(2)11-4-5-11)8-16-20(18,19)13-7-10(14)3-6-12(13)15/h3,6-7,9,11,16H,4-5,8,15H2,1-2H3. The summed E-state index contributed by atoms with van der Waals surface area (Å²) >= 11 is 0. The van der Waals surface area contributed by atoms with Gasteiger partial charge in [0.15, 0.2) is 0 Å². The van der Waals surface area contributed by atoms with Gasteiger partial charge in [-0.2, -0.15) is 0 Å². The molecule has 0 amide bonds. The highest BCUT2D eigenvalue weighted by atomic mass is 32.2. The molecule has 5 nitrogen and oxygen atoms in total. The fourth-order valence-electron chi connectivity index (χ4n) is 2.03. The van der Waals surface area contributed by atoms with E-state index in [1.165, 1.54) is 6.07 Å². The maximum atomic E-state index is 13.2. The predicted octanol–water partition coefficient (Wildman–Crippen LogP) is 1.17. The van der Waals surface area contributed by atoms with Crippen molar-refractivity contribution >= 4 is 15.7 Å². The molecule has 0 heterocycles. The molecule has 2 rings (SSSR count). The topological polar surface area (TPSA) is 75.4 Å². The normalized spacial score (nSPS) is 17.4. The van der Waals surface area contributed by atoms with Gasteiger partial charge >= 0.3 is 0 Å². The van der Waals surface area contributed by atoms with Gasteiger partial charge in [0.2, 0.25) is 10.0 Å². The van der Waals surface area contributed by atoms with E-state index in [4.69, 9.17) is 5.73 Å². The number of sulfonamides is 1. The van der Waals surface area contributed by atoms with Crippen LogP contribution in [0.5, 0.6) is 0 Å². The first-order chi connectivity index (χ1) is 9.31. The van der Waals surface area contributed by atoms with Crippen molar-refractivity contribution in [1.82, 2.24) is 9.62 Å². The molecule has 1 aliphatic carbocycles. The summed E-state index contributed by atoms with van der Waals surface area (Å²) in [5.74, 6) is -0.622. The number of nitrogens with one attached hydrogen (secondary N) is 1. The van der Waals surface area contributed by atoms with E-state index in [0.717, 1.165) is 25.0 Å². The molecule has 0 spiro atoms. The van der Waals surface area contributed by atoms with Crippen LogP contribution in [0.4, 0.5) is 10.1 Å². The zero-order chi connectivity index (χ0) is 14.9. The molecule has 0 aliphatic heterocycles. The smallest absolute Gasteiger partial charge is 0.242 e. The largest absolute Gasteiger partial charge is 0.398 e. The molecule has 1 aromatic carbocycles. The molecular weight excluding hydrogens is 281 g/mol. The fraction of sp³-hybridized carbons (Fsp3) is 0.538. The predicted molar refractivity (Wildman–Crippen MR) is 76.2 cm³/mol. The first-order valence-corrected chi connectivity index (χ1v) is 8.06. The third-order valence-corrected chi connectivity index (χ3v) is 5.13. The Morgan fingerprint density at radius 2 is 2.15 bits per heavy atom. The zero-order valence-corrected chi connectivity index (χ0v) is 12.5. The number of anilines is 1. The summed E-state index contributed by atoms with van der Waals surface area (Å²) in [7, 11) is -1.81.